The highest BCUT2D eigenvalue weighted by Crippen LogP contribution is 2.45. The Hall–Kier alpha value is -2.58. The highest BCUT2D eigenvalue weighted by molar-refractivity contribution is 5.70. The van der Waals surface area contributed by atoms with Crippen molar-refractivity contribution in [3.8, 4) is 5.75 Å². The molecule has 1 amide bonds. The van der Waals surface area contributed by atoms with Crippen LogP contribution in [0.25, 0.3) is 0 Å². The minimum absolute atomic E-state index is 0.00634. The summed E-state index contributed by atoms with van der Waals surface area (Å²) in [6, 6.07) is 6.15. The lowest BCUT2D eigenvalue weighted by Crippen LogP contribution is -2.26. The summed E-state index contributed by atoms with van der Waals surface area (Å²) in [5, 5.41) is 11.1. The zero-order chi connectivity index (χ0) is 22.3. The van der Waals surface area contributed by atoms with Gasteiger partial charge in [0.1, 0.15) is 0 Å². The van der Waals surface area contributed by atoms with Crippen molar-refractivity contribution in [1.29, 1.82) is 0 Å². The number of pyridine rings is 1. The minimum atomic E-state index is -0.924. The van der Waals surface area contributed by atoms with Crippen LogP contribution >= 0.6 is 0 Å². The number of benzene rings is 1. The first-order valence-electron chi connectivity index (χ1n) is 9.67. The number of aliphatic hydroxyl groups is 1. The molecule has 2 aromatic rings. The number of aromatic nitrogens is 1. The first-order chi connectivity index (χ1) is 14.2. The van der Waals surface area contributed by atoms with Gasteiger partial charge in [0.05, 0.1) is 19.3 Å². The molecule has 0 spiro atoms. The van der Waals surface area contributed by atoms with Gasteiger partial charge >= 0.3 is 0 Å². The van der Waals surface area contributed by atoms with Crippen molar-refractivity contribution in [3.05, 3.63) is 53.4 Å². The molecule has 1 fully saturated rings. The van der Waals surface area contributed by atoms with Crippen molar-refractivity contribution < 1.29 is 28.2 Å². The molecular weight excluding hydrogens is 394 g/mol. The molecular formula is C22H28F2N2O4. The van der Waals surface area contributed by atoms with E-state index >= 15 is 0 Å². The summed E-state index contributed by atoms with van der Waals surface area (Å²) in [7, 11) is 1.35. The van der Waals surface area contributed by atoms with Crippen molar-refractivity contribution >= 4 is 12.1 Å². The number of aliphatic hydroxyl groups excluding tert-OH is 1. The first-order valence-corrected chi connectivity index (χ1v) is 9.67. The number of nitrogens with zero attached hydrogens (tertiary/aromatic N) is 1. The number of carbonyl (C=O) groups excluding carboxylic acids is 1. The zero-order valence-electron chi connectivity index (χ0n) is 17.6. The molecule has 1 saturated heterocycles. The van der Waals surface area contributed by atoms with Gasteiger partial charge in [0.15, 0.2) is 11.6 Å². The number of rotatable bonds is 6. The molecule has 8 heteroatoms. The number of ether oxygens (including phenoxy) is 2. The molecule has 3 rings (SSSR count). The molecule has 2 unspecified atom stereocenters. The maximum Gasteiger partial charge on any atom is 0.211 e. The molecule has 0 bridgehead atoms. The molecule has 1 aromatic carbocycles. The van der Waals surface area contributed by atoms with E-state index < -0.39 is 11.6 Å². The molecule has 0 radical (unpaired) electrons. The van der Waals surface area contributed by atoms with Crippen LogP contribution in [0.1, 0.15) is 37.9 Å². The average Bonchev–Trinajstić information content (AvgIpc) is 2.98. The van der Waals surface area contributed by atoms with Crippen molar-refractivity contribution in [2.24, 2.45) is 5.92 Å². The van der Waals surface area contributed by atoms with E-state index in [1.165, 1.54) is 7.11 Å². The number of halogens is 2. The smallest absolute Gasteiger partial charge is 0.211 e. The second kappa shape index (κ2) is 10.4. The molecule has 30 heavy (non-hydrogen) atoms. The second-order valence-electron chi connectivity index (χ2n) is 7.57. The van der Waals surface area contributed by atoms with E-state index in [-0.39, 0.29) is 29.8 Å². The highest BCUT2D eigenvalue weighted by atomic mass is 19.2. The lowest BCUT2D eigenvalue weighted by Gasteiger charge is -2.25. The lowest BCUT2D eigenvalue weighted by atomic mass is 9.81. The Morgan fingerprint density at radius 1 is 1.37 bits per heavy atom. The third-order valence-electron chi connectivity index (χ3n) is 5.43. The largest absolute Gasteiger partial charge is 0.493 e. The van der Waals surface area contributed by atoms with E-state index in [0.29, 0.717) is 30.7 Å². The van der Waals surface area contributed by atoms with Crippen LogP contribution in [0.3, 0.4) is 0 Å². The molecule has 1 aromatic heterocycles. The monoisotopic (exact) mass is 422 g/mol. The molecule has 0 aliphatic carbocycles. The second-order valence-corrected chi connectivity index (χ2v) is 7.57. The summed E-state index contributed by atoms with van der Waals surface area (Å²) in [6.45, 7) is 6.62. The van der Waals surface area contributed by atoms with Crippen LogP contribution in [0.4, 0.5) is 14.5 Å². The summed E-state index contributed by atoms with van der Waals surface area (Å²) in [5.41, 5.74) is 1.88. The minimum Gasteiger partial charge on any atom is -0.493 e. The quantitative estimate of drug-likeness (QED) is 0.694. The van der Waals surface area contributed by atoms with Crippen LogP contribution in [-0.4, -0.2) is 42.4 Å². The van der Waals surface area contributed by atoms with Crippen LogP contribution in [0.2, 0.25) is 0 Å². The number of nitrogens with one attached hydrogen (secondary N) is 1. The summed E-state index contributed by atoms with van der Waals surface area (Å²) in [4.78, 5) is 14.1. The van der Waals surface area contributed by atoms with Crippen molar-refractivity contribution in [3.63, 3.8) is 0 Å². The van der Waals surface area contributed by atoms with Crippen LogP contribution in [0.15, 0.2) is 30.5 Å². The number of amides is 1. The summed E-state index contributed by atoms with van der Waals surface area (Å²) < 4.78 is 37.6. The maximum atomic E-state index is 13.7. The number of carbonyl (C=O) groups is 1. The van der Waals surface area contributed by atoms with E-state index in [1.807, 2.05) is 13.8 Å². The molecule has 1 aliphatic rings. The van der Waals surface area contributed by atoms with Gasteiger partial charge in [-0.3, -0.25) is 9.78 Å². The predicted molar refractivity (Wildman–Crippen MR) is 110 cm³/mol. The van der Waals surface area contributed by atoms with Gasteiger partial charge in [-0.05, 0) is 38.0 Å². The van der Waals surface area contributed by atoms with Gasteiger partial charge in [0, 0.05) is 42.1 Å². The third kappa shape index (κ3) is 5.52. The Morgan fingerprint density at radius 3 is 2.67 bits per heavy atom. The Balaban J connectivity index is 0.000000232. The van der Waals surface area contributed by atoms with E-state index in [4.69, 9.17) is 14.6 Å². The number of methoxy groups -OCH3 is 1. The predicted octanol–water partition coefficient (Wildman–Crippen LogP) is 3.69. The topological polar surface area (TPSA) is 80.7 Å². The number of hydrogen-bond donors (Lipinski definition) is 2. The van der Waals surface area contributed by atoms with Crippen LogP contribution in [-0.2, 0) is 16.0 Å². The molecule has 2 heterocycles. The molecule has 1 aliphatic heterocycles. The van der Waals surface area contributed by atoms with Gasteiger partial charge in [-0.15, -0.1) is 0 Å². The van der Waals surface area contributed by atoms with Crippen molar-refractivity contribution in [2.45, 2.75) is 38.7 Å². The van der Waals surface area contributed by atoms with E-state index in [0.717, 1.165) is 11.8 Å². The Kier molecular flexibility index (Phi) is 8.25. The first kappa shape index (κ1) is 23.7. The van der Waals surface area contributed by atoms with Gasteiger partial charge < -0.3 is 19.9 Å². The van der Waals surface area contributed by atoms with Crippen LogP contribution in [0.5, 0.6) is 5.75 Å². The summed E-state index contributed by atoms with van der Waals surface area (Å²) in [6.07, 6.45) is 2.71. The van der Waals surface area contributed by atoms with Crippen LogP contribution in [0, 0.1) is 17.6 Å². The standard InChI is InChI=1S/C14H18F2O2.C8H10N2O2/c1-8-10(7-18-14(8,2)3)9-5-6-11(15)12(16)13(9)17-4;11-4-2-8-5-7(10-6-12)1-3-9-8/h5-6,8,10H,7H2,1-4H3;1,3,5-6,11H,2,4H2,(H,9,10,12). The number of hydrogen-bond acceptors (Lipinski definition) is 5. The van der Waals surface area contributed by atoms with Crippen molar-refractivity contribution in [1.82, 2.24) is 4.98 Å². The van der Waals surface area contributed by atoms with Gasteiger partial charge in [-0.1, -0.05) is 13.0 Å². The molecule has 6 nitrogen and oxygen atoms in total. The molecule has 0 saturated carbocycles. The Labute approximate surface area is 175 Å². The van der Waals surface area contributed by atoms with Gasteiger partial charge in [0.25, 0.3) is 0 Å². The molecule has 2 N–H and O–H groups in total. The van der Waals surface area contributed by atoms with Crippen LogP contribution < -0.4 is 10.1 Å². The normalized spacial score (nSPS) is 19.6. The third-order valence-corrected chi connectivity index (χ3v) is 5.43. The Bertz CT molecular complexity index is 861. The molecule has 164 valence electrons. The maximum absolute atomic E-state index is 13.7. The fourth-order valence-electron chi connectivity index (χ4n) is 3.36. The molecule has 2 atom stereocenters. The SMILES string of the molecule is COc1c(C2COC(C)(C)C2C)ccc(F)c1F.O=CNc1ccnc(CCO)c1. The Morgan fingerprint density at radius 2 is 2.10 bits per heavy atom. The van der Waals surface area contributed by atoms with Gasteiger partial charge in [-0.25, -0.2) is 4.39 Å². The van der Waals surface area contributed by atoms with E-state index in [2.05, 4.69) is 17.2 Å². The average molecular weight is 422 g/mol. The zero-order valence-corrected chi connectivity index (χ0v) is 17.6. The van der Waals surface area contributed by atoms with E-state index in [9.17, 15) is 13.6 Å². The van der Waals surface area contributed by atoms with Crippen molar-refractivity contribution in [2.75, 3.05) is 25.6 Å². The van der Waals surface area contributed by atoms with Gasteiger partial charge in [-0.2, -0.15) is 4.39 Å². The fraction of sp³-hybridized carbons (Fsp3) is 0.455. The highest BCUT2D eigenvalue weighted by Gasteiger charge is 2.42. The van der Waals surface area contributed by atoms with Gasteiger partial charge in [0.2, 0.25) is 12.2 Å². The van der Waals surface area contributed by atoms with E-state index in [1.54, 1.807) is 24.4 Å². The number of anilines is 1. The lowest BCUT2D eigenvalue weighted by molar-refractivity contribution is -0.105. The fourth-order valence-corrected chi connectivity index (χ4v) is 3.36. The summed E-state index contributed by atoms with van der Waals surface area (Å²) in [5.74, 6) is -1.59. The summed E-state index contributed by atoms with van der Waals surface area (Å²) >= 11 is 0.